The first-order valence-electron chi connectivity index (χ1n) is 17.0. The maximum absolute atomic E-state index is 2.51. The van der Waals surface area contributed by atoms with Gasteiger partial charge in [0.15, 0.2) is 0 Å². The highest BCUT2D eigenvalue weighted by Gasteiger charge is 2.20. The van der Waals surface area contributed by atoms with Gasteiger partial charge in [-0.1, -0.05) is 115 Å². The zero-order valence-corrected chi connectivity index (χ0v) is 27.7. The van der Waals surface area contributed by atoms with Crippen molar-refractivity contribution in [1.29, 1.82) is 0 Å². The predicted molar refractivity (Wildman–Crippen MR) is 212 cm³/mol. The second-order valence-corrected chi connectivity index (χ2v) is 13.9. The van der Waals surface area contributed by atoms with E-state index in [0.29, 0.717) is 0 Å². The van der Waals surface area contributed by atoms with Crippen molar-refractivity contribution in [3.63, 3.8) is 0 Å². The van der Waals surface area contributed by atoms with Crippen molar-refractivity contribution in [2.75, 3.05) is 4.90 Å². The minimum Gasteiger partial charge on any atom is -0.312 e. The van der Waals surface area contributed by atoms with Gasteiger partial charge < -0.3 is 9.47 Å². The molecule has 2 heterocycles. The van der Waals surface area contributed by atoms with E-state index in [1.165, 1.54) is 75.3 Å². The summed E-state index contributed by atoms with van der Waals surface area (Å²) in [6.45, 7) is 0. The van der Waals surface area contributed by atoms with Crippen LogP contribution >= 0.6 is 11.3 Å². The van der Waals surface area contributed by atoms with E-state index >= 15 is 0 Å². The summed E-state index contributed by atoms with van der Waals surface area (Å²) in [6, 6.07) is 57.5. The van der Waals surface area contributed by atoms with Gasteiger partial charge in [0.1, 0.15) is 0 Å². The van der Waals surface area contributed by atoms with E-state index in [0.717, 1.165) is 24.2 Å². The number of allylic oxidation sites excluding steroid dienone is 4. The van der Waals surface area contributed by atoms with Crippen LogP contribution in [-0.2, 0) is 0 Å². The zero-order valence-electron chi connectivity index (χ0n) is 26.9. The molecule has 0 amide bonds. The molecule has 0 spiro atoms. The van der Waals surface area contributed by atoms with Crippen molar-refractivity contribution in [2.45, 2.75) is 12.8 Å². The molecule has 7 aromatic carbocycles. The van der Waals surface area contributed by atoms with E-state index < -0.39 is 0 Å². The SMILES string of the molecule is C1=C(c2ccc(N(c3ccccc3)c3cccc4sc5ccccc5c34)cc2)CCC(n2c3ccccc3c3ccc4ccccc4c32)=C1. The minimum atomic E-state index is 0.980. The zero-order chi connectivity index (χ0) is 32.3. The average Bonchev–Trinajstić information content (AvgIpc) is 3.73. The van der Waals surface area contributed by atoms with Crippen molar-refractivity contribution in [3.05, 3.63) is 175 Å². The topological polar surface area (TPSA) is 8.17 Å². The van der Waals surface area contributed by atoms with Crippen LogP contribution in [0.3, 0.4) is 0 Å². The van der Waals surface area contributed by atoms with E-state index in [4.69, 9.17) is 0 Å². The van der Waals surface area contributed by atoms with Crippen LogP contribution in [0.1, 0.15) is 18.4 Å². The summed E-state index contributed by atoms with van der Waals surface area (Å²) in [7, 11) is 0. The van der Waals surface area contributed by atoms with Crippen LogP contribution in [0.5, 0.6) is 0 Å². The summed E-state index contributed by atoms with van der Waals surface area (Å²) in [4.78, 5) is 2.41. The Labute approximate surface area is 289 Å². The van der Waals surface area contributed by atoms with Crippen molar-refractivity contribution in [2.24, 2.45) is 0 Å². The van der Waals surface area contributed by atoms with Crippen molar-refractivity contribution in [3.8, 4) is 0 Å². The number of nitrogens with zero attached hydrogens (tertiary/aromatic N) is 2. The molecule has 1 aliphatic carbocycles. The number of thiophene rings is 1. The molecule has 0 atom stereocenters. The standard InChI is InChI=1S/C46H32N2S/c1-2-12-34(13-3-1)47(42-18-10-20-44-45(42)40-16-7-9-19-43(40)49-44)35-26-21-31(22-27-35)32-23-28-36(29-24-32)48-41-17-8-6-15-38(41)39-30-25-33-11-4-5-14-37(33)46(39)48/h1-23,25-28,30H,24,29H2. The monoisotopic (exact) mass is 644 g/mol. The number of hydrogen-bond donors (Lipinski definition) is 0. The van der Waals surface area contributed by atoms with Crippen LogP contribution in [0.15, 0.2) is 170 Å². The highest BCUT2D eigenvalue weighted by molar-refractivity contribution is 7.26. The fourth-order valence-corrected chi connectivity index (χ4v) is 8.98. The van der Waals surface area contributed by atoms with E-state index in [-0.39, 0.29) is 0 Å². The minimum absolute atomic E-state index is 0.980. The molecule has 2 nitrogen and oxygen atoms in total. The van der Waals surface area contributed by atoms with Gasteiger partial charge in [0.2, 0.25) is 0 Å². The molecule has 0 bridgehead atoms. The Morgan fingerprint density at radius 1 is 0.490 bits per heavy atom. The van der Waals surface area contributed by atoms with Gasteiger partial charge in [-0.25, -0.2) is 0 Å². The highest BCUT2D eigenvalue weighted by atomic mass is 32.1. The first-order valence-corrected chi connectivity index (χ1v) is 17.8. The molecule has 0 fully saturated rings. The number of anilines is 3. The fraction of sp³-hybridized carbons (Fsp3) is 0.0435. The summed E-state index contributed by atoms with van der Waals surface area (Å²) < 4.78 is 5.14. The molecule has 232 valence electrons. The molecule has 0 saturated heterocycles. The van der Waals surface area contributed by atoms with Crippen LogP contribution < -0.4 is 4.90 Å². The third-order valence-electron chi connectivity index (χ3n) is 10.1. The fourth-order valence-electron chi connectivity index (χ4n) is 7.85. The Balaban J connectivity index is 1.06. The Morgan fingerprint density at radius 2 is 1.20 bits per heavy atom. The van der Waals surface area contributed by atoms with Crippen molar-refractivity contribution < 1.29 is 0 Å². The molecule has 0 unspecified atom stereocenters. The number of rotatable bonds is 5. The number of benzene rings is 7. The maximum atomic E-state index is 2.51. The Bertz CT molecular complexity index is 2760. The van der Waals surface area contributed by atoms with Gasteiger partial charge >= 0.3 is 0 Å². The Morgan fingerprint density at radius 3 is 2.04 bits per heavy atom. The van der Waals surface area contributed by atoms with Gasteiger partial charge in [-0.15, -0.1) is 11.3 Å². The molecular weight excluding hydrogens is 613 g/mol. The lowest BCUT2D eigenvalue weighted by Gasteiger charge is -2.27. The first kappa shape index (κ1) is 28.1. The van der Waals surface area contributed by atoms with Crippen LogP contribution in [0.2, 0.25) is 0 Å². The number of fused-ring (bicyclic) bond motifs is 8. The lowest BCUT2D eigenvalue weighted by Crippen LogP contribution is -2.10. The Hall–Kier alpha value is -5.90. The van der Waals surface area contributed by atoms with Gasteiger partial charge in [-0.3, -0.25) is 0 Å². The van der Waals surface area contributed by atoms with Crippen LogP contribution in [0, 0.1) is 0 Å². The second-order valence-electron chi connectivity index (χ2n) is 12.9. The average molecular weight is 645 g/mol. The molecule has 0 aliphatic heterocycles. The summed E-state index contributed by atoms with van der Waals surface area (Å²) in [6.07, 6.45) is 6.66. The van der Waals surface area contributed by atoms with Crippen LogP contribution in [0.4, 0.5) is 17.1 Å². The number of hydrogen-bond acceptors (Lipinski definition) is 2. The number of aromatic nitrogens is 1. The normalized spacial score (nSPS) is 13.4. The van der Waals surface area contributed by atoms with Crippen molar-refractivity contribution >= 4 is 92.4 Å². The first-order chi connectivity index (χ1) is 24.3. The molecule has 9 aromatic rings. The smallest absolute Gasteiger partial charge is 0.0616 e. The molecular formula is C46H32N2S. The molecule has 3 heteroatoms. The molecule has 0 saturated carbocycles. The van der Waals surface area contributed by atoms with E-state index in [2.05, 4.69) is 179 Å². The van der Waals surface area contributed by atoms with E-state index in [1.807, 2.05) is 11.3 Å². The summed E-state index contributed by atoms with van der Waals surface area (Å²) in [5, 5.41) is 7.82. The molecule has 10 rings (SSSR count). The predicted octanol–water partition coefficient (Wildman–Crippen LogP) is 13.5. The highest BCUT2D eigenvalue weighted by Crippen LogP contribution is 2.45. The lowest BCUT2D eigenvalue weighted by molar-refractivity contribution is 0.993. The number of para-hydroxylation sites is 2. The van der Waals surface area contributed by atoms with Gasteiger partial charge in [0, 0.05) is 53.4 Å². The van der Waals surface area contributed by atoms with Gasteiger partial charge in [0.05, 0.1) is 16.7 Å². The van der Waals surface area contributed by atoms with E-state index in [1.54, 1.807) is 0 Å². The van der Waals surface area contributed by atoms with E-state index in [9.17, 15) is 0 Å². The van der Waals surface area contributed by atoms with Gasteiger partial charge in [0.25, 0.3) is 0 Å². The molecule has 1 aliphatic rings. The van der Waals surface area contributed by atoms with Crippen molar-refractivity contribution in [1.82, 2.24) is 4.57 Å². The van der Waals surface area contributed by atoms with Gasteiger partial charge in [-0.2, -0.15) is 0 Å². The Kier molecular flexibility index (Phi) is 6.53. The molecule has 2 aromatic heterocycles. The maximum Gasteiger partial charge on any atom is 0.0616 e. The third kappa shape index (κ3) is 4.54. The molecule has 49 heavy (non-hydrogen) atoms. The van der Waals surface area contributed by atoms with Crippen LogP contribution in [-0.4, -0.2) is 4.57 Å². The quantitative estimate of drug-likeness (QED) is 0.181. The molecule has 0 radical (unpaired) electrons. The summed E-state index contributed by atoms with van der Waals surface area (Å²) in [5.41, 5.74) is 10.1. The lowest BCUT2D eigenvalue weighted by atomic mass is 9.95. The second kappa shape index (κ2) is 11.4. The van der Waals surface area contributed by atoms with Crippen LogP contribution in [0.25, 0.3) is 64.0 Å². The third-order valence-corrected chi connectivity index (χ3v) is 11.2. The molecule has 0 N–H and O–H groups in total. The summed E-state index contributed by atoms with van der Waals surface area (Å²) in [5.74, 6) is 0. The van der Waals surface area contributed by atoms with Gasteiger partial charge in [-0.05, 0) is 84.0 Å². The summed E-state index contributed by atoms with van der Waals surface area (Å²) >= 11 is 1.86. The largest absolute Gasteiger partial charge is 0.312 e.